The Morgan fingerprint density at radius 1 is 1.17 bits per heavy atom. The Morgan fingerprint density at radius 2 is 2.03 bits per heavy atom. The molecule has 0 fully saturated rings. The minimum atomic E-state index is -1.51. The van der Waals surface area contributed by atoms with E-state index in [0.29, 0.717) is 40.6 Å². The van der Waals surface area contributed by atoms with Gasteiger partial charge in [0.1, 0.15) is 5.82 Å². The van der Waals surface area contributed by atoms with Crippen LogP contribution in [-0.2, 0) is 6.54 Å². The summed E-state index contributed by atoms with van der Waals surface area (Å²) in [6, 6.07) is 12.0. The summed E-state index contributed by atoms with van der Waals surface area (Å²) in [5.74, 6) is 0.912. The minimum absolute atomic E-state index is 0.367. The zero-order valence-corrected chi connectivity index (χ0v) is 15.2. The molecule has 0 aliphatic heterocycles. The Morgan fingerprint density at radius 3 is 2.83 bits per heavy atom. The summed E-state index contributed by atoms with van der Waals surface area (Å²) < 4.78 is 1.71. The topological polar surface area (TPSA) is 139 Å². The Kier molecular flexibility index (Phi) is 4.94. The van der Waals surface area contributed by atoms with Gasteiger partial charge in [-0.2, -0.15) is 0 Å². The molecule has 1 amide bonds. The summed E-state index contributed by atoms with van der Waals surface area (Å²) in [6.45, 7) is 0.436. The molecule has 0 bridgehead atoms. The summed E-state index contributed by atoms with van der Waals surface area (Å²) >= 11 is 0. The molecule has 9 nitrogen and oxygen atoms in total. The summed E-state index contributed by atoms with van der Waals surface area (Å²) in [5, 5.41) is 21.8. The van der Waals surface area contributed by atoms with Gasteiger partial charge in [0, 0.05) is 18.9 Å². The molecule has 0 saturated heterocycles. The molecule has 29 heavy (non-hydrogen) atoms. The number of primary amides is 1. The van der Waals surface area contributed by atoms with E-state index in [1.807, 2.05) is 6.07 Å². The molecule has 5 N–H and O–H groups in total. The molecule has 0 radical (unpaired) electrons. The third-order valence-electron chi connectivity index (χ3n) is 4.41. The Balaban J connectivity index is 1.60. The molecule has 0 atom stereocenters. The molecule has 0 saturated carbocycles. The van der Waals surface area contributed by atoms with Gasteiger partial charge in [0.2, 0.25) is 0 Å². The molecular weight excluding hydrogens is 371 g/mol. The molecule has 10 heteroatoms. The van der Waals surface area contributed by atoms with Gasteiger partial charge in [-0.1, -0.05) is 24.3 Å². The molecule has 4 rings (SSSR count). The second kappa shape index (κ2) is 7.70. The quantitative estimate of drug-likeness (QED) is 0.346. The lowest BCUT2D eigenvalue weighted by Gasteiger charge is -2.08. The van der Waals surface area contributed by atoms with Crippen LogP contribution >= 0.6 is 0 Å². The van der Waals surface area contributed by atoms with E-state index in [9.17, 15) is 14.8 Å². The number of aromatic nitrogens is 4. The van der Waals surface area contributed by atoms with Crippen LogP contribution in [0.4, 0.5) is 5.82 Å². The third-order valence-corrected chi connectivity index (χ3v) is 4.41. The summed E-state index contributed by atoms with van der Waals surface area (Å²) in [4.78, 5) is 24.7. The van der Waals surface area contributed by atoms with Gasteiger partial charge in [0.05, 0.1) is 17.3 Å². The van der Waals surface area contributed by atoms with Gasteiger partial charge < -0.3 is 21.1 Å². The normalized spacial score (nSPS) is 10.8. The molecule has 3 aromatic heterocycles. The van der Waals surface area contributed by atoms with E-state index in [-0.39, 0.29) is 0 Å². The number of nitrogens with two attached hydrogens (primary N) is 1. The fourth-order valence-electron chi connectivity index (χ4n) is 3.02. The first-order valence-electron chi connectivity index (χ1n) is 8.81. The molecular formula is C19H17BN6O3. The lowest BCUT2D eigenvalue weighted by Crippen LogP contribution is -2.30. The average molecular weight is 388 g/mol. The molecule has 144 valence electrons. The van der Waals surface area contributed by atoms with E-state index in [2.05, 4.69) is 20.3 Å². The van der Waals surface area contributed by atoms with E-state index in [0.717, 1.165) is 5.56 Å². The van der Waals surface area contributed by atoms with Crippen molar-refractivity contribution in [1.29, 1.82) is 0 Å². The van der Waals surface area contributed by atoms with E-state index < -0.39 is 13.0 Å². The standard InChI is InChI=1S/C19H17BN6O3/c21-17(27)14-5-2-8-26-15(14)11-24-19(26)18-22-7-6-16(25-18)23-10-12-3-1-4-13(9-12)20(28)29/h1-9,11,28-29H,10H2,(H2,21,27)(H,22,23,25). The summed E-state index contributed by atoms with van der Waals surface area (Å²) in [6.07, 6.45) is 4.93. The number of anilines is 1. The molecule has 0 unspecified atom stereocenters. The smallest absolute Gasteiger partial charge is 0.423 e. The van der Waals surface area contributed by atoms with Crippen LogP contribution < -0.4 is 16.5 Å². The van der Waals surface area contributed by atoms with E-state index in [4.69, 9.17) is 5.73 Å². The largest absolute Gasteiger partial charge is 0.488 e. The van der Waals surface area contributed by atoms with Crippen molar-refractivity contribution in [3.05, 3.63) is 72.2 Å². The number of amides is 1. The highest BCUT2D eigenvalue weighted by Crippen LogP contribution is 2.20. The molecule has 0 aliphatic rings. The molecule has 0 aliphatic carbocycles. The maximum Gasteiger partial charge on any atom is 0.488 e. The van der Waals surface area contributed by atoms with Gasteiger partial charge in [-0.25, -0.2) is 15.0 Å². The van der Waals surface area contributed by atoms with Gasteiger partial charge in [-0.05, 0) is 29.2 Å². The highest BCUT2D eigenvalue weighted by atomic mass is 16.4. The first-order chi connectivity index (χ1) is 14.0. The molecule has 4 aromatic rings. The van der Waals surface area contributed by atoms with Crippen LogP contribution in [0.3, 0.4) is 0 Å². The van der Waals surface area contributed by atoms with Crippen LogP contribution in [0.2, 0.25) is 0 Å². The Bertz CT molecular complexity index is 1190. The number of rotatable bonds is 6. The van der Waals surface area contributed by atoms with Crippen LogP contribution in [0.25, 0.3) is 17.2 Å². The number of imidazole rings is 1. The van der Waals surface area contributed by atoms with Crippen molar-refractivity contribution in [2.24, 2.45) is 5.73 Å². The van der Waals surface area contributed by atoms with E-state index in [1.165, 1.54) is 0 Å². The molecule has 1 aromatic carbocycles. The van der Waals surface area contributed by atoms with Crippen molar-refractivity contribution in [2.45, 2.75) is 6.54 Å². The lowest BCUT2D eigenvalue weighted by atomic mass is 9.80. The second-order valence-corrected chi connectivity index (χ2v) is 6.36. The first-order valence-corrected chi connectivity index (χ1v) is 8.81. The monoisotopic (exact) mass is 388 g/mol. The van der Waals surface area contributed by atoms with Crippen molar-refractivity contribution < 1.29 is 14.8 Å². The van der Waals surface area contributed by atoms with Crippen molar-refractivity contribution in [3.8, 4) is 11.6 Å². The second-order valence-electron chi connectivity index (χ2n) is 6.36. The number of carbonyl (C=O) groups excluding carboxylic acids is 1. The fourth-order valence-corrected chi connectivity index (χ4v) is 3.02. The van der Waals surface area contributed by atoms with Gasteiger partial charge in [0.25, 0.3) is 5.91 Å². The first kappa shape index (κ1) is 18.6. The van der Waals surface area contributed by atoms with Crippen molar-refractivity contribution >= 4 is 29.8 Å². The number of hydrogen-bond donors (Lipinski definition) is 4. The summed E-state index contributed by atoms with van der Waals surface area (Å²) in [7, 11) is -1.51. The Labute approximate surface area is 166 Å². The molecule has 3 heterocycles. The van der Waals surface area contributed by atoms with Gasteiger partial charge in [-0.15, -0.1) is 0 Å². The number of nitrogens with zero attached hydrogens (tertiary/aromatic N) is 4. The predicted octanol–water partition coefficient (Wildman–Crippen LogP) is 0.182. The predicted molar refractivity (Wildman–Crippen MR) is 108 cm³/mol. The highest BCUT2D eigenvalue weighted by molar-refractivity contribution is 6.58. The number of benzene rings is 1. The number of nitrogens with one attached hydrogen (secondary N) is 1. The highest BCUT2D eigenvalue weighted by Gasteiger charge is 2.14. The van der Waals surface area contributed by atoms with Crippen LogP contribution in [0, 0.1) is 0 Å². The van der Waals surface area contributed by atoms with E-state index in [1.54, 1.807) is 59.4 Å². The van der Waals surface area contributed by atoms with Crippen LogP contribution in [0.1, 0.15) is 15.9 Å². The van der Waals surface area contributed by atoms with Crippen LogP contribution in [0.5, 0.6) is 0 Å². The van der Waals surface area contributed by atoms with Crippen LogP contribution in [0.15, 0.2) is 61.1 Å². The lowest BCUT2D eigenvalue weighted by molar-refractivity contribution is 0.100. The average Bonchev–Trinajstić information content (AvgIpc) is 3.17. The van der Waals surface area contributed by atoms with E-state index >= 15 is 0 Å². The zero-order chi connectivity index (χ0) is 20.4. The number of fused-ring (bicyclic) bond motifs is 1. The van der Waals surface area contributed by atoms with Gasteiger partial charge in [-0.3, -0.25) is 9.20 Å². The fraction of sp³-hybridized carbons (Fsp3) is 0.0526. The minimum Gasteiger partial charge on any atom is -0.423 e. The van der Waals surface area contributed by atoms with Gasteiger partial charge in [0.15, 0.2) is 11.6 Å². The maximum absolute atomic E-state index is 11.6. The molecule has 0 spiro atoms. The zero-order valence-electron chi connectivity index (χ0n) is 15.2. The number of carbonyl (C=O) groups is 1. The third kappa shape index (κ3) is 3.79. The van der Waals surface area contributed by atoms with Crippen molar-refractivity contribution in [3.63, 3.8) is 0 Å². The maximum atomic E-state index is 11.6. The number of hydrogen-bond acceptors (Lipinski definition) is 7. The number of pyridine rings is 1. The van der Waals surface area contributed by atoms with Crippen molar-refractivity contribution in [2.75, 3.05) is 5.32 Å². The van der Waals surface area contributed by atoms with Crippen LogP contribution in [-0.4, -0.2) is 42.4 Å². The summed E-state index contributed by atoms with van der Waals surface area (Å²) in [5.41, 5.74) is 7.66. The van der Waals surface area contributed by atoms with Gasteiger partial charge >= 0.3 is 7.12 Å². The SMILES string of the molecule is NC(=O)c1cccn2c(-c3nccc(NCc4cccc(B(O)O)c4)n3)ncc12. The van der Waals surface area contributed by atoms with Crippen molar-refractivity contribution in [1.82, 2.24) is 19.4 Å². The Hall–Kier alpha value is -3.76.